The van der Waals surface area contributed by atoms with E-state index >= 15 is 0 Å². The summed E-state index contributed by atoms with van der Waals surface area (Å²) in [7, 11) is 0. The van der Waals surface area contributed by atoms with Crippen LogP contribution in [0.5, 0.6) is 0 Å². The number of carbonyl (C=O) groups excluding carboxylic acids is 2. The summed E-state index contributed by atoms with van der Waals surface area (Å²) >= 11 is 9.64. The van der Waals surface area contributed by atoms with Gasteiger partial charge in [0.2, 0.25) is 0 Å². The molecule has 4 aromatic rings. The lowest BCUT2D eigenvalue weighted by Crippen LogP contribution is -2.28. The number of aromatic nitrogens is 3. The fourth-order valence-electron chi connectivity index (χ4n) is 3.10. The molecule has 0 aliphatic heterocycles. The lowest BCUT2D eigenvalue weighted by atomic mass is 10.2. The number of nitrogens with one attached hydrogen (secondary N) is 3. The molecule has 10 heteroatoms. The highest BCUT2D eigenvalue weighted by Crippen LogP contribution is 2.22. The van der Waals surface area contributed by atoms with E-state index in [1.165, 1.54) is 6.20 Å². The summed E-state index contributed by atoms with van der Waals surface area (Å²) in [6, 6.07) is 15.9. The first-order valence-corrected chi connectivity index (χ1v) is 11.4. The van der Waals surface area contributed by atoms with Crippen molar-refractivity contribution in [2.75, 3.05) is 10.6 Å². The van der Waals surface area contributed by atoms with Gasteiger partial charge in [-0.25, -0.2) is 4.79 Å². The van der Waals surface area contributed by atoms with Crippen molar-refractivity contribution in [3.63, 3.8) is 0 Å². The number of hydrogen-bond acceptors (Lipinski definition) is 4. The number of urea groups is 1. The molecule has 4 rings (SSSR count). The van der Waals surface area contributed by atoms with Crippen molar-refractivity contribution in [1.82, 2.24) is 20.1 Å². The van der Waals surface area contributed by atoms with E-state index in [4.69, 9.17) is 11.6 Å². The fraction of sp³-hybridized carbons (Fsp3) is 0.0833. The smallest absolute Gasteiger partial charge is 0.319 e. The van der Waals surface area contributed by atoms with Crippen LogP contribution in [0.4, 0.5) is 16.2 Å². The van der Waals surface area contributed by atoms with Crippen molar-refractivity contribution in [3.05, 3.63) is 106 Å². The minimum Gasteiger partial charge on any atom is -0.334 e. The van der Waals surface area contributed by atoms with Crippen LogP contribution in [-0.4, -0.2) is 26.7 Å². The number of nitrogens with zero attached hydrogens (tertiary/aromatic N) is 3. The van der Waals surface area contributed by atoms with E-state index in [-0.39, 0.29) is 11.9 Å². The zero-order valence-corrected chi connectivity index (χ0v) is 20.2. The van der Waals surface area contributed by atoms with Crippen molar-refractivity contribution in [2.24, 2.45) is 0 Å². The summed E-state index contributed by atoms with van der Waals surface area (Å²) < 4.78 is 2.60. The summed E-state index contributed by atoms with van der Waals surface area (Å²) in [5, 5.41) is 13.3. The van der Waals surface area contributed by atoms with Crippen molar-refractivity contribution >= 4 is 50.8 Å². The van der Waals surface area contributed by atoms with E-state index in [2.05, 4.69) is 42.0 Å². The Morgan fingerprint density at radius 3 is 2.56 bits per heavy atom. The maximum Gasteiger partial charge on any atom is 0.319 e. The molecule has 0 saturated carbocycles. The molecular formula is C24H20BrClN6O2. The van der Waals surface area contributed by atoms with E-state index < -0.39 is 0 Å². The number of halogens is 2. The summed E-state index contributed by atoms with van der Waals surface area (Å²) in [6.07, 6.45) is 6.43. The third-order valence-corrected chi connectivity index (χ3v) is 5.67. The van der Waals surface area contributed by atoms with Gasteiger partial charge in [-0.05, 0) is 47.5 Å². The van der Waals surface area contributed by atoms with Gasteiger partial charge in [-0.15, -0.1) is 0 Å². The highest BCUT2D eigenvalue weighted by Gasteiger charge is 2.08. The Hall–Kier alpha value is -3.69. The minimum absolute atomic E-state index is 0.235. The quantitative estimate of drug-likeness (QED) is 0.296. The zero-order valence-electron chi connectivity index (χ0n) is 17.8. The van der Waals surface area contributed by atoms with Crippen LogP contribution in [0.1, 0.15) is 21.5 Å². The number of pyridine rings is 1. The van der Waals surface area contributed by atoms with Crippen LogP contribution in [0.2, 0.25) is 5.02 Å². The number of amides is 3. The minimum atomic E-state index is -0.352. The first-order chi connectivity index (χ1) is 16.5. The molecule has 2 heterocycles. The van der Waals surface area contributed by atoms with Crippen LogP contribution in [-0.2, 0) is 13.1 Å². The molecule has 0 aliphatic rings. The molecule has 3 amide bonds. The maximum absolute atomic E-state index is 12.3. The van der Waals surface area contributed by atoms with E-state index in [1.807, 2.05) is 30.3 Å². The topological polar surface area (TPSA) is 101 Å². The molecular weight excluding hydrogens is 520 g/mol. The zero-order chi connectivity index (χ0) is 23.9. The normalized spacial score (nSPS) is 10.5. The monoisotopic (exact) mass is 538 g/mol. The fourth-order valence-corrected chi connectivity index (χ4v) is 3.84. The van der Waals surface area contributed by atoms with Gasteiger partial charge in [0.1, 0.15) is 0 Å². The van der Waals surface area contributed by atoms with E-state index in [9.17, 15) is 9.59 Å². The van der Waals surface area contributed by atoms with Crippen LogP contribution in [0, 0.1) is 0 Å². The number of benzene rings is 2. The van der Waals surface area contributed by atoms with Gasteiger partial charge in [0, 0.05) is 40.3 Å². The number of carbonyl (C=O) groups is 2. The maximum atomic E-state index is 12.3. The predicted octanol–water partition coefficient (Wildman–Crippen LogP) is 5.32. The third-order valence-electron chi connectivity index (χ3n) is 4.83. The van der Waals surface area contributed by atoms with Gasteiger partial charge in [-0.1, -0.05) is 45.7 Å². The van der Waals surface area contributed by atoms with Gasteiger partial charge in [-0.3, -0.25) is 14.5 Å². The van der Waals surface area contributed by atoms with E-state index in [0.717, 1.165) is 15.6 Å². The molecule has 0 bridgehead atoms. The van der Waals surface area contributed by atoms with Crippen LogP contribution < -0.4 is 16.0 Å². The molecule has 0 saturated heterocycles. The van der Waals surface area contributed by atoms with Gasteiger partial charge in [-0.2, -0.15) is 5.10 Å². The molecule has 0 fully saturated rings. The van der Waals surface area contributed by atoms with Crippen molar-refractivity contribution in [1.29, 1.82) is 0 Å². The Balaban J connectivity index is 1.25. The third kappa shape index (κ3) is 6.43. The average Bonchev–Trinajstić information content (AvgIpc) is 3.27. The van der Waals surface area contributed by atoms with Crippen LogP contribution >= 0.6 is 27.5 Å². The van der Waals surface area contributed by atoms with Crippen molar-refractivity contribution in [2.45, 2.75) is 13.1 Å². The summed E-state index contributed by atoms with van der Waals surface area (Å²) in [5.74, 6) is -0.235. The molecule has 3 N–H and O–H groups in total. The molecule has 0 unspecified atom stereocenters. The standard InChI is InChI=1S/C24H20BrClN6O2/c25-19-6-5-18(22(26)10-19)14-32-15-21(13-29-32)31-24(34)28-11-16-3-7-20(8-4-16)30-23(33)17-2-1-9-27-12-17/h1-10,12-13,15H,11,14H2,(H,30,33)(H2,28,31,34). The Morgan fingerprint density at radius 1 is 1.00 bits per heavy atom. The summed E-state index contributed by atoms with van der Waals surface area (Å²) in [6.45, 7) is 0.810. The number of anilines is 2. The second-order valence-corrected chi connectivity index (χ2v) is 8.69. The summed E-state index contributed by atoms with van der Waals surface area (Å²) in [4.78, 5) is 28.4. The average molecular weight is 540 g/mol. The molecule has 2 aromatic carbocycles. The molecule has 0 spiro atoms. The van der Waals surface area contributed by atoms with Crippen molar-refractivity contribution < 1.29 is 9.59 Å². The molecule has 34 heavy (non-hydrogen) atoms. The lowest BCUT2D eigenvalue weighted by molar-refractivity contribution is 0.102. The first-order valence-electron chi connectivity index (χ1n) is 10.3. The van der Waals surface area contributed by atoms with E-state index in [0.29, 0.717) is 35.1 Å². The molecule has 0 aliphatic carbocycles. The first kappa shape index (κ1) is 23.5. The highest BCUT2D eigenvalue weighted by atomic mass is 79.9. The second kappa shape index (κ2) is 11.0. The number of hydrogen-bond donors (Lipinski definition) is 3. The predicted molar refractivity (Wildman–Crippen MR) is 135 cm³/mol. The lowest BCUT2D eigenvalue weighted by Gasteiger charge is -2.08. The van der Waals surface area contributed by atoms with Gasteiger partial charge in [0.25, 0.3) is 5.91 Å². The molecule has 0 radical (unpaired) electrons. The Labute approximate surface area is 209 Å². The largest absolute Gasteiger partial charge is 0.334 e. The van der Waals surface area contributed by atoms with Gasteiger partial charge in [0.05, 0.1) is 24.0 Å². The molecule has 2 aromatic heterocycles. The van der Waals surface area contributed by atoms with Crippen LogP contribution in [0.15, 0.2) is 83.9 Å². The second-order valence-electron chi connectivity index (χ2n) is 7.36. The molecule has 172 valence electrons. The SMILES string of the molecule is O=C(NCc1ccc(NC(=O)c2cccnc2)cc1)Nc1cnn(Cc2ccc(Br)cc2Cl)c1. The van der Waals surface area contributed by atoms with Crippen LogP contribution in [0.3, 0.4) is 0 Å². The number of rotatable bonds is 7. The highest BCUT2D eigenvalue weighted by molar-refractivity contribution is 9.10. The summed E-state index contributed by atoms with van der Waals surface area (Å²) in [5.41, 5.74) is 3.51. The van der Waals surface area contributed by atoms with Gasteiger partial charge < -0.3 is 16.0 Å². The van der Waals surface area contributed by atoms with Crippen molar-refractivity contribution in [3.8, 4) is 0 Å². The van der Waals surface area contributed by atoms with Gasteiger partial charge >= 0.3 is 6.03 Å². The molecule has 0 atom stereocenters. The Bertz CT molecular complexity index is 1290. The van der Waals surface area contributed by atoms with E-state index in [1.54, 1.807) is 47.5 Å². The Kier molecular flexibility index (Phi) is 7.56. The molecule has 8 nitrogen and oxygen atoms in total. The van der Waals surface area contributed by atoms with Gasteiger partial charge in [0.15, 0.2) is 0 Å². The Morgan fingerprint density at radius 2 is 1.82 bits per heavy atom. The van der Waals surface area contributed by atoms with Crippen LogP contribution in [0.25, 0.3) is 0 Å².